The smallest absolute Gasteiger partial charge is 0.156 e. The molecule has 148 valence electrons. The Morgan fingerprint density at radius 2 is 2.00 bits per heavy atom. The summed E-state index contributed by atoms with van der Waals surface area (Å²) in [5.74, 6) is 1.63. The molecule has 0 amide bonds. The van der Waals surface area contributed by atoms with Crippen molar-refractivity contribution in [3.63, 3.8) is 0 Å². The summed E-state index contributed by atoms with van der Waals surface area (Å²) in [4.78, 5) is 4.47. The number of hydrogen-bond donors (Lipinski definition) is 3. The number of rotatable bonds is 3. The number of nitrogen functional groups attached to an aromatic ring is 1. The van der Waals surface area contributed by atoms with Crippen LogP contribution >= 0.6 is 0 Å². The molecule has 2 aromatic heterocycles. The first-order valence-electron chi connectivity index (χ1n) is 9.46. The Kier molecular flexibility index (Phi) is 5.94. The molecule has 0 radical (unpaired) electrons. The summed E-state index contributed by atoms with van der Waals surface area (Å²) in [6.45, 7) is 6.50. The van der Waals surface area contributed by atoms with Crippen LogP contribution in [0.15, 0.2) is 42.7 Å². The molecule has 0 bridgehead atoms. The Morgan fingerprint density at radius 3 is 2.68 bits per heavy atom. The summed E-state index contributed by atoms with van der Waals surface area (Å²) < 4.78 is 16.0. The lowest BCUT2D eigenvalue weighted by atomic mass is 10.1. The van der Waals surface area contributed by atoms with Gasteiger partial charge in [-0.15, -0.1) is 0 Å². The average Bonchev–Trinajstić information content (AvgIpc) is 3.27. The Bertz CT molecular complexity index is 934. The van der Waals surface area contributed by atoms with E-state index in [-0.39, 0.29) is 11.9 Å². The van der Waals surface area contributed by atoms with Gasteiger partial charge in [-0.1, -0.05) is 20.8 Å². The van der Waals surface area contributed by atoms with E-state index in [9.17, 15) is 4.39 Å². The van der Waals surface area contributed by atoms with Crippen LogP contribution in [0.3, 0.4) is 0 Å². The minimum absolute atomic E-state index is 0.222. The zero-order chi connectivity index (χ0) is 20.3. The van der Waals surface area contributed by atoms with Crippen LogP contribution in [0.1, 0.15) is 44.4 Å². The number of nitrogens with two attached hydrogens (primary N) is 2. The fourth-order valence-corrected chi connectivity index (χ4v) is 3.05. The molecule has 1 aliphatic carbocycles. The maximum atomic E-state index is 14.3. The third-order valence-electron chi connectivity index (χ3n) is 4.22. The number of hydrogen-bond acceptors (Lipinski definition) is 5. The van der Waals surface area contributed by atoms with Gasteiger partial charge in [0.15, 0.2) is 11.6 Å². The highest BCUT2D eigenvalue weighted by atomic mass is 19.1. The Morgan fingerprint density at radius 1 is 1.25 bits per heavy atom. The van der Waals surface area contributed by atoms with Crippen LogP contribution in [0, 0.1) is 11.7 Å². The van der Waals surface area contributed by atoms with Gasteiger partial charge in [0.1, 0.15) is 5.82 Å². The lowest BCUT2D eigenvalue weighted by Crippen LogP contribution is -2.08. The number of aryl methyl sites for hydroxylation is 1. The molecular formula is C21H27FN6. The lowest BCUT2D eigenvalue weighted by molar-refractivity contribution is 0.589. The molecule has 1 aliphatic rings. The standard InChI is InChI=1S/C17H17FN6.C4H10/c18-12-9-11(8-10-2-3-13(19)16(10)12)22-17-14(20)4-5-15(23-17)24-7-1-6-21-24;1-4(2)3/h1,4-9,13H,2-3,19-20H2,(H,22,23);4H,1-3H3. The van der Waals surface area contributed by atoms with Crippen molar-refractivity contribution in [2.45, 2.75) is 39.7 Å². The van der Waals surface area contributed by atoms with E-state index in [1.807, 2.05) is 12.1 Å². The number of halogens is 1. The van der Waals surface area contributed by atoms with E-state index in [0.29, 0.717) is 28.6 Å². The Labute approximate surface area is 164 Å². The van der Waals surface area contributed by atoms with Crippen LogP contribution in [0.2, 0.25) is 0 Å². The van der Waals surface area contributed by atoms with Crippen molar-refractivity contribution in [1.29, 1.82) is 0 Å². The van der Waals surface area contributed by atoms with Crippen LogP contribution < -0.4 is 16.8 Å². The molecule has 0 saturated carbocycles. The van der Waals surface area contributed by atoms with Gasteiger partial charge in [-0.25, -0.2) is 14.1 Å². The van der Waals surface area contributed by atoms with Crippen LogP contribution in [-0.2, 0) is 6.42 Å². The Hall–Kier alpha value is -2.93. The molecule has 4 rings (SSSR count). The average molecular weight is 382 g/mol. The summed E-state index contributed by atoms with van der Waals surface area (Å²) in [5, 5.41) is 7.25. The fourth-order valence-electron chi connectivity index (χ4n) is 3.05. The highest BCUT2D eigenvalue weighted by molar-refractivity contribution is 5.70. The van der Waals surface area contributed by atoms with Gasteiger partial charge in [-0.3, -0.25) is 0 Å². The van der Waals surface area contributed by atoms with Gasteiger partial charge >= 0.3 is 0 Å². The number of nitrogens with one attached hydrogen (secondary N) is 1. The van der Waals surface area contributed by atoms with Gasteiger partial charge in [0, 0.05) is 29.7 Å². The van der Waals surface area contributed by atoms with Crippen molar-refractivity contribution in [3.05, 3.63) is 59.7 Å². The highest BCUT2D eigenvalue weighted by Crippen LogP contribution is 2.34. The minimum Gasteiger partial charge on any atom is -0.396 e. The van der Waals surface area contributed by atoms with Gasteiger partial charge in [-0.05, 0) is 54.7 Å². The Balaban J connectivity index is 0.000000516. The van der Waals surface area contributed by atoms with E-state index in [2.05, 4.69) is 36.2 Å². The van der Waals surface area contributed by atoms with E-state index < -0.39 is 0 Å². The fraction of sp³-hybridized carbons (Fsp3) is 0.333. The van der Waals surface area contributed by atoms with Crippen LogP contribution in [0.25, 0.3) is 5.82 Å². The monoisotopic (exact) mass is 382 g/mol. The largest absolute Gasteiger partial charge is 0.396 e. The van der Waals surface area contributed by atoms with Gasteiger partial charge in [-0.2, -0.15) is 5.10 Å². The van der Waals surface area contributed by atoms with Crippen molar-refractivity contribution >= 4 is 17.2 Å². The molecule has 1 aromatic carbocycles. The topological polar surface area (TPSA) is 94.8 Å². The number of aromatic nitrogens is 3. The molecule has 1 unspecified atom stereocenters. The number of nitrogens with zero attached hydrogens (tertiary/aromatic N) is 3. The molecule has 6 nitrogen and oxygen atoms in total. The zero-order valence-corrected chi connectivity index (χ0v) is 16.5. The number of anilines is 3. The van der Waals surface area contributed by atoms with Crippen molar-refractivity contribution in [2.24, 2.45) is 11.7 Å². The molecule has 2 heterocycles. The van der Waals surface area contributed by atoms with E-state index in [4.69, 9.17) is 11.5 Å². The summed E-state index contributed by atoms with van der Waals surface area (Å²) in [6.07, 6.45) is 5.01. The molecule has 7 heteroatoms. The van der Waals surface area contributed by atoms with Gasteiger partial charge in [0.25, 0.3) is 0 Å². The van der Waals surface area contributed by atoms with Crippen molar-refractivity contribution in [1.82, 2.24) is 14.8 Å². The maximum absolute atomic E-state index is 14.3. The molecule has 28 heavy (non-hydrogen) atoms. The SMILES string of the molecule is CC(C)C.Nc1ccc(-n2cccn2)nc1Nc1cc(F)c2c(c1)CCC2N. The van der Waals surface area contributed by atoms with Crippen LogP contribution in [0.4, 0.5) is 21.6 Å². The van der Waals surface area contributed by atoms with E-state index in [1.165, 1.54) is 6.07 Å². The first-order valence-corrected chi connectivity index (χ1v) is 9.46. The van der Waals surface area contributed by atoms with E-state index in [0.717, 1.165) is 24.3 Å². The van der Waals surface area contributed by atoms with Gasteiger partial charge in [0.2, 0.25) is 0 Å². The predicted octanol–water partition coefficient (Wildman–Crippen LogP) is 4.34. The molecule has 0 aliphatic heterocycles. The van der Waals surface area contributed by atoms with E-state index >= 15 is 0 Å². The first-order chi connectivity index (χ1) is 13.3. The van der Waals surface area contributed by atoms with Crippen molar-refractivity contribution in [2.75, 3.05) is 11.1 Å². The van der Waals surface area contributed by atoms with Gasteiger partial charge in [0.05, 0.1) is 5.69 Å². The maximum Gasteiger partial charge on any atom is 0.156 e. The minimum atomic E-state index is -0.290. The molecule has 0 spiro atoms. The molecule has 0 fully saturated rings. The summed E-state index contributed by atoms with van der Waals surface area (Å²) >= 11 is 0. The van der Waals surface area contributed by atoms with Crippen LogP contribution in [0.5, 0.6) is 0 Å². The normalized spacial score (nSPS) is 15.1. The van der Waals surface area contributed by atoms with E-state index in [1.54, 1.807) is 29.2 Å². The highest BCUT2D eigenvalue weighted by Gasteiger charge is 2.23. The quantitative estimate of drug-likeness (QED) is 0.626. The number of pyridine rings is 1. The van der Waals surface area contributed by atoms with Crippen molar-refractivity contribution < 1.29 is 4.39 Å². The summed E-state index contributed by atoms with van der Waals surface area (Å²) in [7, 11) is 0. The molecule has 1 atom stereocenters. The molecule has 3 aromatic rings. The second-order valence-electron chi connectivity index (χ2n) is 7.59. The molecule has 0 saturated heterocycles. The third-order valence-corrected chi connectivity index (χ3v) is 4.22. The second-order valence-corrected chi connectivity index (χ2v) is 7.59. The van der Waals surface area contributed by atoms with Gasteiger partial charge < -0.3 is 16.8 Å². The number of benzene rings is 1. The zero-order valence-electron chi connectivity index (χ0n) is 16.5. The predicted molar refractivity (Wildman–Crippen MR) is 111 cm³/mol. The summed E-state index contributed by atoms with van der Waals surface area (Å²) in [5.41, 5.74) is 14.6. The summed E-state index contributed by atoms with van der Waals surface area (Å²) in [6, 6.07) is 8.45. The lowest BCUT2D eigenvalue weighted by Gasteiger charge is -2.13. The number of fused-ring (bicyclic) bond motifs is 1. The second kappa shape index (κ2) is 8.39. The molecular weight excluding hydrogens is 355 g/mol. The van der Waals surface area contributed by atoms with Crippen LogP contribution in [-0.4, -0.2) is 14.8 Å². The molecule has 5 N–H and O–H groups in total. The third kappa shape index (κ3) is 4.48. The first kappa shape index (κ1) is 19.8. The van der Waals surface area contributed by atoms with Crippen molar-refractivity contribution in [3.8, 4) is 5.82 Å².